The van der Waals surface area contributed by atoms with E-state index in [-0.39, 0.29) is 12.5 Å². The fraction of sp³-hybridized carbons (Fsp3) is 0.235. The lowest BCUT2D eigenvalue weighted by Crippen LogP contribution is -2.27. The molecule has 21 heavy (non-hydrogen) atoms. The first-order chi connectivity index (χ1) is 10.0. The lowest BCUT2D eigenvalue weighted by atomic mass is 10.1. The van der Waals surface area contributed by atoms with Gasteiger partial charge in [0.1, 0.15) is 0 Å². The molecule has 0 saturated heterocycles. The van der Waals surface area contributed by atoms with Crippen molar-refractivity contribution < 1.29 is 4.79 Å². The van der Waals surface area contributed by atoms with E-state index in [1.165, 1.54) is 11.1 Å². The lowest BCUT2D eigenvalue weighted by molar-refractivity contribution is -0.115. The van der Waals surface area contributed by atoms with Crippen molar-refractivity contribution in [2.24, 2.45) is 0 Å². The maximum absolute atomic E-state index is 11.9. The summed E-state index contributed by atoms with van der Waals surface area (Å²) in [6, 6.07) is 14.1. The normalized spacial score (nSPS) is 10.4. The topological polar surface area (TPSA) is 41.1 Å². The predicted octanol–water partition coefficient (Wildman–Crippen LogP) is 3.79. The summed E-state index contributed by atoms with van der Waals surface area (Å²) >= 11 is 3.45. The average Bonchev–Trinajstić information content (AvgIpc) is 2.42. The number of hydrogen-bond acceptors (Lipinski definition) is 2. The van der Waals surface area contributed by atoms with E-state index in [1.807, 2.05) is 31.2 Å². The molecule has 4 heteroatoms. The molecule has 0 bridgehead atoms. The summed E-state index contributed by atoms with van der Waals surface area (Å²) in [4.78, 5) is 11.9. The molecule has 0 radical (unpaired) electrons. The molecular formula is C17H19BrN2O. The highest BCUT2D eigenvalue weighted by molar-refractivity contribution is 9.10. The zero-order valence-corrected chi connectivity index (χ0v) is 13.8. The van der Waals surface area contributed by atoms with Gasteiger partial charge in [-0.25, -0.2) is 0 Å². The summed E-state index contributed by atoms with van der Waals surface area (Å²) in [7, 11) is 0. The van der Waals surface area contributed by atoms with Crippen LogP contribution in [0.5, 0.6) is 0 Å². The first-order valence-electron chi connectivity index (χ1n) is 6.87. The van der Waals surface area contributed by atoms with E-state index in [1.54, 1.807) is 0 Å². The first kappa shape index (κ1) is 15.7. The Morgan fingerprint density at radius 2 is 1.86 bits per heavy atom. The second-order valence-corrected chi connectivity index (χ2v) is 5.98. The average molecular weight is 347 g/mol. The largest absolute Gasteiger partial charge is 0.324 e. The molecule has 0 aromatic heterocycles. The molecule has 0 unspecified atom stereocenters. The van der Waals surface area contributed by atoms with Gasteiger partial charge in [-0.2, -0.15) is 0 Å². The van der Waals surface area contributed by atoms with Crippen molar-refractivity contribution >= 4 is 27.5 Å². The van der Waals surface area contributed by atoms with Gasteiger partial charge in [0.15, 0.2) is 0 Å². The van der Waals surface area contributed by atoms with Crippen LogP contribution in [0.1, 0.15) is 16.7 Å². The molecular weight excluding hydrogens is 328 g/mol. The fourth-order valence-corrected chi connectivity index (χ4v) is 2.65. The van der Waals surface area contributed by atoms with Crippen LogP contribution < -0.4 is 10.6 Å². The van der Waals surface area contributed by atoms with Gasteiger partial charge in [0.05, 0.1) is 12.2 Å². The van der Waals surface area contributed by atoms with Crippen molar-refractivity contribution in [3.05, 3.63) is 63.6 Å². The highest BCUT2D eigenvalue weighted by Crippen LogP contribution is 2.23. The number of carbonyl (C=O) groups is 1. The molecule has 2 N–H and O–H groups in total. The number of rotatable bonds is 5. The summed E-state index contributed by atoms with van der Waals surface area (Å²) < 4.78 is 0.898. The van der Waals surface area contributed by atoms with Crippen LogP contribution in [-0.2, 0) is 11.3 Å². The van der Waals surface area contributed by atoms with Crippen LogP contribution in [0.25, 0.3) is 0 Å². The SMILES string of the molecule is Cc1cccc(CNCC(=O)Nc2ccc(C)cc2Br)c1. The molecule has 0 atom stereocenters. The van der Waals surface area contributed by atoms with Crippen LogP contribution >= 0.6 is 15.9 Å². The fourth-order valence-electron chi connectivity index (χ4n) is 2.06. The van der Waals surface area contributed by atoms with Crippen molar-refractivity contribution in [1.82, 2.24) is 5.32 Å². The van der Waals surface area contributed by atoms with Crippen molar-refractivity contribution in [3.63, 3.8) is 0 Å². The van der Waals surface area contributed by atoms with Gasteiger partial charge in [-0.3, -0.25) is 4.79 Å². The van der Waals surface area contributed by atoms with E-state index in [2.05, 4.69) is 51.7 Å². The van der Waals surface area contributed by atoms with E-state index < -0.39 is 0 Å². The Labute approximate surface area is 133 Å². The zero-order valence-electron chi connectivity index (χ0n) is 12.2. The Hall–Kier alpha value is -1.65. The Balaban J connectivity index is 1.82. The monoisotopic (exact) mass is 346 g/mol. The highest BCUT2D eigenvalue weighted by atomic mass is 79.9. The molecule has 0 fully saturated rings. The van der Waals surface area contributed by atoms with Gasteiger partial charge in [-0.15, -0.1) is 0 Å². The molecule has 2 rings (SSSR count). The second kappa shape index (κ2) is 7.38. The maximum Gasteiger partial charge on any atom is 0.238 e. The van der Waals surface area contributed by atoms with Gasteiger partial charge in [-0.05, 0) is 53.0 Å². The molecule has 3 nitrogen and oxygen atoms in total. The van der Waals surface area contributed by atoms with Crippen LogP contribution in [0.2, 0.25) is 0 Å². The van der Waals surface area contributed by atoms with E-state index in [9.17, 15) is 4.79 Å². The number of halogens is 1. The molecule has 0 saturated carbocycles. The van der Waals surface area contributed by atoms with Gasteiger partial charge >= 0.3 is 0 Å². The summed E-state index contributed by atoms with van der Waals surface area (Å²) in [5.41, 5.74) is 4.35. The number of benzene rings is 2. The summed E-state index contributed by atoms with van der Waals surface area (Å²) in [5.74, 6) is -0.0489. The Bertz CT molecular complexity index is 640. The molecule has 0 spiro atoms. The number of hydrogen-bond donors (Lipinski definition) is 2. The van der Waals surface area contributed by atoms with Gasteiger partial charge in [-0.1, -0.05) is 35.9 Å². The number of nitrogens with one attached hydrogen (secondary N) is 2. The molecule has 2 aromatic rings. The van der Waals surface area contributed by atoms with E-state index in [0.717, 1.165) is 15.7 Å². The zero-order chi connectivity index (χ0) is 15.2. The van der Waals surface area contributed by atoms with Gasteiger partial charge in [0, 0.05) is 11.0 Å². The van der Waals surface area contributed by atoms with Gasteiger partial charge in [0.25, 0.3) is 0 Å². The quantitative estimate of drug-likeness (QED) is 0.864. The van der Waals surface area contributed by atoms with Crippen molar-refractivity contribution in [1.29, 1.82) is 0 Å². The molecule has 0 aliphatic rings. The smallest absolute Gasteiger partial charge is 0.238 e. The van der Waals surface area contributed by atoms with Crippen LogP contribution in [0, 0.1) is 13.8 Å². The third kappa shape index (κ3) is 4.99. The van der Waals surface area contributed by atoms with Crippen LogP contribution in [-0.4, -0.2) is 12.5 Å². The minimum Gasteiger partial charge on any atom is -0.324 e. The minimum absolute atomic E-state index is 0.0489. The maximum atomic E-state index is 11.9. The van der Waals surface area contributed by atoms with E-state index >= 15 is 0 Å². The van der Waals surface area contributed by atoms with Crippen molar-refractivity contribution in [2.75, 3.05) is 11.9 Å². The summed E-state index contributed by atoms with van der Waals surface area (Å²) in [5, 5.41) is 6.04. The second-order valence-electron chi connectivity index (χ2n) is 5.12. The third-order valence-electron chi connectivity index (χ3n) is 3.10. The van der Waals surface area contributed by atoms with Crippen LogP contribution in [0.15, 0.2) is 46.9 Å². The van der Waals surface area contributed by atoms with E-state index in [4.69, 9.17) is 0 Å². The Kier molecular flexibility index (Phi) is 5.53. The van der Waals surface area contributed by atoms with Crippen molar-refractivity contribution in [3.8, 4) is 0 Å². The molecule has 0 aliphatic carbocycles. The van der Waals surface area contributed by atoms with Crippen molar-refractivity contribution in [2.45, 2.75) is 20.4 Å². The molecule has 0 heterocycles. The minimum atomic E-state index is -0.0489. The number of anilines is 1. The number of aryl methyl sites for hydroxylation is 2. The summed E-state index contributed by atoms with van der Waals surface area (Å²) in [6.07, 6.45) is 0. The predicted molar refractivity (Wildman–Crippen MR) is 90.4 cm³/mol. The molecule has 110 valence electrons. The Morgan fingerprint density at radius 3 is 2.57 bits per heavy atom. The third-order valence-corrected chi connectivity index (χ3v) is 3.75. The lowest BCUT2D eigenvalue weighted by Gasteiger charge is -2.09. The Morgan fingerprint density at radius 1 is 1.10 bits per heavy atom. The molecule has 1 amide bonds. The standard InChI is InChI=1S/C17H19BrN2O/c1-12-4-3-5-14(8-12)10-19-11-17(21)20-16-7-6-13(2)9-15(16)18/h3-9,19H,10-11H2,1-2H3,(H,20,21). The van der Waals surface area contributed by atoms with Gasteiger partial charge in [0.2, 0.25) is 5.91 Å². The molecule has 2 aromatic carbocycles. The summed E-state index contributed by atoms with van der Waals surface area (Å²) in [6.45, 7) is 5.04. The van der Waals surface area contributed by atoms with Gasteiger partial charge < -0.3 is 10.6 Å². The number of carbonyl (C=O) groups excluding carboxylic acids is 1. The highest BCUT2D eigenvalue weighted by Gasteiger charge is 2.05. The molecule has 0 aliphatic heterocycles. The van der Waals surface area contributed by atoms with Crippen LogP contribution in [0.4, 0.5) is 5.69 Å². The number of amides is 1. The van der Waals surface area contributed by atoms with Crippen LogP contribution in [0.3, 0.4) is 0 Å². The van der Waals surface area contributed by atoms with E-state index in [0.29, 0.717) is 6.54 Å². The first-order valence-corrected chi connectivity index (χ1v) is 7.66.